The average molecular weight is 283 g/mol. The molecule has 0 unspecified atom stereocenters. The van der Waals surface area contributed by atoms with Gasteiger partial charge in [0.1, 0.15) is 17.7 Å². The minimum absolute atomic E-state index is 0.150. The molecule has 1 heterocycles. The largest absolute Gasteiger partial charge is 0.493 e. The Bertz CT molecular complexity index is 649. The molecule has 102 valence electrons. The molecular weight excluding hydrogens is 270 g/mol. The molecule has 0 aliphatic carbocycles. The second-order valence-corrected chi connectivity index (χ2v) is 5.50. The molecule has 0 fully saturated rings. The third-order valence-corrected chi connectivity index (χ3v) is 3.43. The molecule has 0 amide bonds. The van der Waals surface area contributed by atoms with Gasteiger partial charge in [0.2, 0.25) is 0 Å². The van der Waals surface area contributed by atoms with Crippen LogP contribution >= 0.6 is 0 Å². The summed E-state index contributed by atoms with van der Waals surface area (Å²) in [6, 6.07) is 6.45. The van der Waals surface area contributed by atoms with Crippen molar-refractivity contribution in [1.29, 1.82) is 0 Å². The highest BCUT2D eigenvalue weighted by molar-refractivity contribution is 7.86. The van der Waals surface area contributed by atoms with Crippen LogP contribution < -0.4 is 8.92 Å². The minimum atomic E-state index is -3.81. The van der Waals surface area contributed by atoms with Crippen LogP contribution in [0.1, 0.15) is 11.3 Å². The standard InChI is InChI=1S/C12H13NO5S/c1-9-3-4-11(12(7-9)16-2)18-19(14,15)8-10-5-6-17-13-10/h3-7H,8H2,1-2H3. The van der Waals surface area contributed by atoms with E-state index in [0.717, 1.165) is 5.56 Å². The summed E-state index contributed by atoms with van der Waals surface area (Å²) in [5.41, 5.74) is 1.23. The Hall–Kier alpha value is -2.02. The lowest BCUT2D eigenvalue weighted by Gasteiger charge is -2.10. The normalized spacial score (nSPS) is 11.3. The van der Waals surface area contributed by atoms with Crippen LogP contribution in [0, 0.1) is 6.92 Å². The maximum atomic E-state index is 11.9. The van der Waals surface area contributed by atoms with Crippen molar-refractivity contribution in [2.45, 2.75) is 12.7 Å². The Kier molecular flexibility index (Phi) is 3.75. The zero-order chi connectivity index (χ0) is 13.9. The fourth-order valence-corrected chi connectivity index (χ4v) is 2.48. The maximum absolute atomic E-state index is 11.9. The van der Waals surface area contributed by atoms with Gasteiger partial charge in [-0.15, -0.1) is 0 Å². The maximum Gasteiger partial charge on any atom is 0.315 e. The van der Waals surface area contributed by atoms with Crippen LogP contribution in [0.25, 0.3) is 0 Å². The van der Waals surface area contributed by atoms with Crippen LogP contribution in [0.15, 0.2) is 35.1 Å². The van der Waals surface area contributed by atoms with Gasteiger partial charge in [-0.2, -0.15) is 8.42 Å². The molecule has 0 N–H and O–H groups in total. The highest BCUT2D eigenvalue weighted by atomic mass is 32.2. The van der Waals surface area contributed by atoms with Crippen LogP contribution in [0.3, 0.4) is 0 Å². The number of hydrogen-bond acceptors (Lipinski definition) is 6. The molecule has 0 atom stereocenters. The van der Waals surface area contributed by atoms with Crippen LogP contribution in [0.5, 0.6) is 11.5 Å². The lowest BCUT2D eigenvalue weighted by atomic mass is 10.2. The number of aryl methyl sites for hydroxylation is 1. The molecule has 6 nitrogen and oxygen atoms in total. The summed E-state index contributed by atoms with van der Waals surface area (Å²) in [7, 11) is -2.36. The van der Waals surface area contributed by atoms with Gasteiger partial charge in [0, 0.05) is 6.07 Å². The molecule has 1 aromatic carbocycles. The Balaban J connectivity index is 2.20. The second-order valence-electron chi connectivity index (χ2n) is 3.93. The molecule has 0 saturated heterocycles. The number of benzene rings is 1. The molecule has 0 saturated carbocycles. The fourth-order valence-electron chi connectivity index (χ4n) is 1.50. The first kappa shape index (κ1) is 13.4. The van der Waals surface area contributed by atoms with Gasteiger partial charge in [-0.25, -0.2) is 0 Å². The summed E-state index contributed by atoms with van der Waals surface area (Å²) in [4.78, 5) is 0. The number of aromatic nitrogens is 1. The van der Waals surface area contributed by atoms with E-state index in [1.54, 1.807) is 18.2 Å². The van der Waals surface area contributed by atoms with Crippen LogP contribution in [-0.2, 0) is 15.9 Å². The molecule has 19 heavy (non-hydrogen) atoms. The molecule has 0 bridgehead atoms. The first-order valence-corrected chi connectivity index (χ1v) is 7.04. The van der Waals surface area contributed by atoms with Gasteiger partial charge in [-0.05, 0) is 24.6 Å². The second kappa shape index (κ2) is 5.31. The molecule has 0 spiro atoms. The van der Waals surface area contributed by atoms with Crippen molar-refractivity contribution in [1.82, 2.24) is 5.16 Å². The van der Waals surface area contributed by atoms with E-state index in [2.05, 4.69) is 9.68 Å². The quantitative estimate of drug-likeness (QED) is 0.780. The predicted octanol–water partition coefficient (Wildman–Crippen LogP) is 1.90. The monoisotopic (exact) mass is 283 g/mol. The molecule has 2 aromatic rings. The zero-order valence-corrected chi connectivity index (χ0v) is 11.3. The third-order valence-electron chi connectivity index (χ3n) is 2.35. The van der Waals surface area contributed by atoms with Gasteiger partial charge in [-0.1, -0.05) is 11.2 Å². The number of hydrogen-bond donors (Lipinski definition) is 0. The van der Waals surface area contributed by atoms with Crippen molar-refractivity contribution in [2.75, 3.05) is 7.11 Å². The topological polar surface area (TPSA) is 78.6 Å². The number of rotatable bonds is 5. The van der Waals surface area contributed by atoms with Gasteiger partial charge in [-0.3, -0.25) is 0 Å². The summed E-state index contributed by atoms with van der Waals surface area (Å²) in [6.45, 7) is 1.87. The Morgan fingerprint density at radius 2 is 2.05 bits per heavy atom. The van der Waals surface area contributed by atoms with Crippen molar-refractivity contribution < 1.29 is 21.9 Å². The molecule has 0 radical (unpaired) electrons. The van der Waals surface area contributed by atoms with E-state index in [0.29, 0.717) is 5.75 Å². The highest BCUT2D eigenvalue weighted by Gasteiger charge is 2.18. The van der Waals surface area contributed by atoms with E-state index in [1.165, 1.54) is 19.4 Å². The molecule has 7 heteroatoms. The summed E-state index contributed by atoms with van der Waals surface area (Å²) in [5, 5.41) is 3.53. The van der Waals surface area contributed by atoms with Crippen LogP contribution in [-0.4, -0.2) is 20.7 Å². The van der Waals surface area contributed by atoms with E-state index < -0.39 is 10.1 Å². The van der Waals surface area contributed by atoms with Crippen LogP contribution in [0.2, 0.25) is 0 Å². The lowest BCUT2D eigenvalue weighted by molar-refractivity contribution is 0.389. The first-order valence-electron chi connectivity index (χ1n) is 5.46. The van der Waals surface area contributed by atoms with E-state index >= 15 is 0 Å². The summed E-state index contributed by atoms with van der Waals surface area (Å²) in [5.74, 6) is 0.154. The van der Waals surface area contributed by atoms with Gasteiger partial charge < -0.3 is 13.4 Å². The Morgan fingerprint density at radius 1 is 1.26 bits per heavy atom. The highest BCUT2D eigenvalue weighted by Crippen LogP contribution is 2.29. The van der Waals surface area contributed by atoms with Crippen molar-refractivity contribution >= 4 is 10.1 Å². The van der Waals surface area contributed by atoms with Crippen molar-refractivity contribution in [3.8, 4) is 11.5 Å². The number of methoxy groups -OCH3 is 1. The van der Waals surface area contributed by atoms with E-state index in [-0.39, 0.29) is 17.2 Å². The van der Waals surface area contributed by atoms with Crippen LogP contribution in [0.4, 0.5) is 0 Å². The molecular formula is C12H13NO5S. The summed E-state index contributed by atoms with van der Waals surface area (Å²) in [6.07, 6.45) is 1.30. The van der Waals surface area contributed by atoms with Crippen molar-refractivity contribution in [3.63, 3.8) is 0 Å². The van der Waals surface area contributed by atoms with E-state index in [4.69, 9.17) is 8.92 Å². The zero-order valence-electron chi connectivity index (χ0n) is 10.5. The molecule has 1 aromatic heterocycles. The van der Waals surface area contributed by atoms with Crippen molar-refractivity contribution in [2.24, 2.45) is 0 Å². The number of ether oxygens (including phenoxy) is 1. The van der Waals surface area contributed by atoms with E-state index in [9.17, 15) is 8.42 Å². The Labute approximate surface area is 111 Å². The first-order chi connectivity index (χ1) is 9.00. The predicted molar refractivity (Wildman–Crippen MR) is 67.5 cm³/mol. The smallest absolute Gasteiger partial charge is 0.315 e. The van der Waals surface area contributed by atoms with Gasteiger partial charge in [0.25, 0.3) is 0 Å². The lowest BCUT2D eigenvalue weighted by Crippen LogP contribution is -2.13. The fraction of sp³-hybridized carbons (Fsp3) is 0.250. The molecule has 0 aliphatic heterocycles. The minimum Gasteiger partial charge on any atom is -0.493 e. The van der Waals surface area contributed by atoms with Gasteiger partial charge >= 0.3 is 10.1 Å². The summed E-state index contributed by atoms with van der Waals surface area (Å²) < 4.78 is 38.4. The van der Waals surface area contributed by atoms with Crippen molar-refractivity contribution in [3.05, 3.63) is 41.8 Å². The van der Waals surface area contributed by atoms with E-state index in [1.807, 2.05) is 6.92 Å². The Morgan fingerprint density at radius 3 is 2.68 bits per heavy atom. The number of nitrogens with zero attached hydrogens (tertiary/aromatic N) is 1. The average Bonchev–Trinajstić information content (AvgIpc) is 2.83. The third kappa shape index (κ3) is 3.47. The SMILES string of the molecule is COc1cc(C)ccc1OS(=O)(=O)Cc1ccon1. The summed E-state index contributed by atoms with van der Waals surface area (Å²) >= 11 is 0. The van der Waals surface area contributed by atoms with Gasteiger partial charge in [0.05, 0.1) is 7.11 Å². The molecule has 2 rings (SSSR count). The van der Waals surface area contributed by atoms with Gasteiger partial charge in [0.15, 0.2) is 11.5 Å². The molecule has 0 aliphatic rings.